The highest BCUT2D eigenvalue weighted by Gasteiger charge is 2.11. The Labute approximate surface area is 158 Å². The molecule has 0 aliphatic heterocycles. The monoisotopic (exact) mass is 354 g/mol. The number of rotatable bonds is 4. The Kier molecular flexibility index (Phi) is 4.58. The quantitative estimate of drug-likeness (QED) is 0.411. The molecule has 0 atom stereocenters. The van der Waals surface area contributed by atoms with Gasteiger partial charge in [0.15, 0.2) is 0 Å². The fraction of sp³-hybridized carbons (Fsp3) is 0. The van der Waals surface area contributed by atoms with Gasteiger partial charge in [0.05, 0.1) is 0 Å². The summed E-state index contributed by atoms with van der Waals surface area (Å²) in [5.74, 6) is -0.326. The van der Waals surface area contributed by atoms with Crippen LogP contribution < -0.4 is 11.1 Å². The lowest BCUT2D eigenvalue weighted by Gasteiger charge is -2.15. The Morgan fingerprint density at radius 3 is 2.00 bits per heavy atom. The first-order chi connectivity index (χ1) is 13.2. The van der Waals surface area contributed by atoms with E-state index in [0.29, 0.717) is 11.3 Å². The van der Waals surface area contributed by atoms with Gasteiger partial charge in [0.1, 0.15) is 5.82 Å². The maximum atomic E-state index is 14.4. The van der Waals surface area contributed by atoms with Gasteiger partial charge in [0.25, 0.3) is 0 Å². The molecule has 0 saturated carbocycles. The van der Waals surface area contributed by atoms with Crippen molar-refractivity contribution in [1.29, 1.82) is 0 Å². The standard InChI is InChI=1S/C24H19FN2/c25-23-16-19(26)12-14-21(23)18-11-13-22(17-7-3-1-4-8-17)24(15-18)27-20-9-5-2-6-10-20/h1-16,27H,26H2. The van der Waals surface area contributed by atoms with Crippen molar-refractivity contribution in [3.05, 3.63) is 103 Å². The number of halogens is 1. The molecule has 0 bridgehead atoms. The van der Waals surface area contributed by atoms with Crippen LogP contribution in [0.3, 0.4) is 0 Å². The molecule has 3 heteroatoms. The molecule has 2 nitrogen and oxygen atoms in total. The van der Waals surface area contributed by atoms with Gasteiger partial charge in [-0.3, -0.25) is 0 Å². The summed E-state index contributed by atoms with van der Waals surface area (Å²) < 4.78 is 14.4. The second kappa shape index (κ2) is 7.34. The molecule has 132 valence electrons. The second-order valence-electron chi connectivity index (χ2n) is 6.36. The Hall–Kier alpha value is -3.59. The summed E-state index contributed by atoms with van der Waals surface area (Å²) in [6.07, 6.45) is 0. The molecular weight excluding hydrogens is 335 g/mol. The topological polar surface area (TPSA) is 38.0 Å². The number of nitrogens with two attached hydrogens (primary N) is 1. The second-order valence-corrected chi connectivity index (χ2v) is 6.36. The smallest absolute Gasteiger partial charge is 0.133 e. The maximum absolute atomic E-state index is 14.4. The molecule has 0 spiro atoms. The lowest BCUT2D eigenvalue weighted by Crippen LogP contribution is -1.95. The highest BCUT2D eigenvalue weighted by atomic mass is 19.1. The Morgan fingerprint density at radius 2 is 1.30 bits per heavy atom. The molecule has 0 amide bonds. The van der Waals surface area contributed by atoms with E-state index in [4.69, 9.17) is 5.73 Å². The number of anilines is 3. The Bertz CT molecular complexity index is 1060. The number of hydrogen-bond donors (Lipinski definition) is 2. The lowest BCUT2D eigenvalue weighted by molar-refractivity contribution is 0.632. The highest BCUT2D eigenvalue weighted by Crippen LogP contribution is 2.35. The predicted octanol–water partition coefficient (Wildman–Crippen LogP) is 6.49. The number of nitrogen functional groups attached to an aromatic ring is 1. The van der Waals surface area contributed by atoms with Gasteiger partial charge in [-0.2, -0.15) is 0 Å². The Balaban J connectivity index is 1.83. The number of nitrogens with one attached hydrogen (secondary N) is 1. The minimum atomic E-state index is -0.326. The van der Waals surface area contributed by atoms with E-state index in [1.807, 2.05) is 66.7 Å². The molecule has 0 heterocycles. The highest BCUT2D eigenvalue weighted by molar-refractivity contribution is 5.85. The molecule has 0 saturated heterocycles. The first-order valence-corrected chi connectivity index (χ1v) is 8.78. The third-order valence-electron chi connectivity index (χ3n) is 4.46. The SMILES string of the molecule is Nc1ccc(-c2ccc(-c3ccccc3)c(Nc3ccccc3)c2)c(F)c1. The molecule has 0 aliphatic carbocycles. The lowest BCUT2D eigenvalue weighted by atomic mass is 9.97. The van der Waals surface area contributed by atoms with Crippen LogP contribution >= 0.6 is 0 Å². The molecular formula is C24H19FN2. The van der Waals surface area contributed by atoms with Crippen LogP contribution in [0, 0.1) is 5.82 Å². The molecule has 0 fully saturated rings. The summed E-state index contributed by atoms with van der Waals surface area (Å²) in [5, 5.41) is 3.46. The zero-order valence-electron chi connectivity index (χ0n) is 14.7. The van der Waals surface area contributed by atoms with E-state index in [1.54, 1.807) is 12.1 Å². The van der Waals surface area contributed by atoms with Gasteiger partial charge in [-0.1, -0.05) is 60.7 Å². The zero-order chi connectivity index (χ0) is 18.6. The molecule has 4 rings (SSSR count). The minimum Gasteiger partial charge on any atom is -0.399 e. The van der Waals surface area contributed by atoms with Crippen LogP contribution in [0.25, 0.3) is 22.3 Å². The van der Waals surface area contributed by atoms with Gasteiger partial charge in [-0.15, -0.1) is 0 Å². The van der Waals surface area contributed by atoms with Crippen LogP contribution in [0.5, 0.6) is 0 Å². The van der Waals surface area contributed by atoms with Crippen LogP contribution in [0.1, 0.15) is 0 Å². The third-order valence-corrected chi connectivity index (χ3v) is 4.46. The van der Waals surface area contributed by atoms with Crippen LogP contribution in [-0.4, -0.2) is 0 Å². The summed E-state index contributed by atoms with van der Waals surface area (Å²) in [4.78, 5) is 0. The minimum absolute atomic E-state index is 0.326. The van der Waals surface area contributed by atoms with E-state index in [2.05, 4.69) is 17.4 Å². The van der Waals surface area contributed by atoms with Crippen LogP contribution in [0.15, 0.2) is 97.1 Å². The van der Waals surface area contributed by atoms with Gasteiger partial charge in [0.2, 0.25) is 0 Å². The summed E-state index contributed by atoms with van der Waals surface area (Å²) in [5.41, 5.74) is 11.5. The average molecular weight is 354 g/mol. The molecule has 0 aliphatic rings. The van der Waals surface area contributed by atoms with Gasteiger partial charge in [0, 0.05) is 28.2 Å². The fourth-order valence-electron chi connectivity index (χ4n) is 3.13. The molecule has 3 N–H and O–H groups in total. The van der Waals surface area contributed by atoms with Crippen molar-refractivity contribution in [2.45, 2.75) is 0 Å². The van der Waals surface area contributed by atoms with Crippen molar-refractivity contribution < 1.29 is 4.39 Å². The van der Waals surface area contributed by atoms with Crippen molar-refractivity contribution in [3.8, 4) is 22.3 Å². The van der Waals surface area contributed by atoms with Crippen LogP contribution in [0.4, 0.5) is 21.5 Å². The van der Waals surface area contributed by atoms with Crippen molar-refractivity contribution in [2.24, 2.45) is 0 Å². The van der Waals surface area contributed by atoms with Crippen molar-refractivity contribution >= 4 is 17.1 Å². The van der Waals surface area contributed by atoms with Gasteiger partial charge < -0.3 is 11.1 Å². The Morgan fingerprint density at radius 1 is 0.630 bits per heavy atom. The average Bonchev–Trinajstić information content (AvgIpc) is 2.69. The van der Waals surface area contributed by atoms with E-state index in [0.717, 1.165) is 28.1 Å². The van der Waals surface area contributed by atoms with Gasteiger partial charge >= 0.3 is 0 Å². The van der Waals surface area contributed by atoms with E-state index >= 15 is 0 Å². The first kappa shape index (κ1) is 16.9. The van der Waals surface area contributed by atoms with E-state index in [9.17, 15) is 4.39 Å². The predicted molar refractivity (Wildman–Crippen MR) is 111 cm³/mol. The summed E-state index contributed by atoms with van der Waals surface area (Å²) in [6, 6.07) is 30.8. The van der Waals surface area contributed by atoms with E-state index in [1.165, 1.54) is 6.07 Å². The van der Waals surface area contributed by atoms with Crippen LogP contribution in [-0.2, 0) is 0 Å². The molecule has 0 unspecified atom stereocenters. The van der Waals surface area contributed by atoms with Crippen LogP contribution in [0.2, 0.25) is 0 Å². The van der Waals surface area contributed by atoms with E-state index in [-0.39, 0.29) is 5.82 Å². The number of hydrogen-bond acceptors (Lipinski definition) is 2. The first-order valence-electron chi connectivity index (χ1n) is 8.78. The number of para-hydroxylation sites is 1. The van der Waals surface area contributed by atoms with E-state index < -0.39 is 0 Å². The molecule has 4 aromatic rings. The number of benzene rings is 4. The van der Waals surface area contributed by atoms with Crippen molar-refractivity contribution in [1.82, 2.24) is 0 Å². The molecule has 4 aromatic carbocycles. The van der Waals surface area contributed by atoms with Crippen molar-refractivity contribution in [3.63, 3.8) is 0 Å². The fourth-order valence-corrected chi connectivity index (χ4v) is 3.13. The van der Waals surface area contributed by atoms with Gasteiger partial charge in [-0.05, 0) is 47.5 Å². The molecule has 27 heavy (non-hydrogen) atoms. The third kappa shape index (κ3) is 3.67. The zero-order valence-corrected chi connectivity index (χ0v) is 14.7. The molecule has 0 aromatic heterocycles. The van der Waals surface area contributed by atoms with Gasteiger partial charge in [-0.25, -0.2) is 4.39 Å². The maximum Gasteiger partial charge on any atom is 0.133 e. The summed E-state index contributed by atoms with van der Waals surface area (Å²) in [7, 11) is 0. The largest absolute Gasteiger partial charge is 0.399 e. The van der Waals surface area contributed by atoms with Crippen molar-refractivity contribution in [2.75, 3.05) is 11.1 Å². The summed E-state index contributed by atoms with van der Waals surface area (Å²) in [6.45, 7) is 0. The normalized spacial score (nSPS) is 10.6. The summed E-state index contributed by atoms with van der Waals surface area (Å²) >= 11 is 0. The molecule has 0 radical (unpaired) electrons.